The predicted molar refractivity (Wildman–Crippen MR) is 70.9 cm³/mol. The molecule has 0 spiro atoms. The first-order valence-corrected chi connectivity index (χ1v) is 6.76. The maximum Gasteiger partial charge on any atom is 0.0940 e. The Balaban J connectivity index is 1.88. The van der Waals surface area contributed by atoms with Crippen LogP contribution in [0.15, 0.2) is 30.3 Å². The highest BCUT2D eigenvalue weighted by Crippen LogP contribution is 2.21. The number of aliphatic hydroxyl groups excluding tert-OH is 1. The molecule has 1 saturated carbocycles. The molecular formula is C15H23NO. The van der Waals surface area contributed by atoms with E-state index < -0.39 is 6.10 Å². The fraction of sp³-hybridized carbons (Fsp3) is 0.600. The second kappa shape index (κ2) is 6.18. The van der Waals surface area contributed by atoms with Crippen LogP contribution in [0.4, 0.5) is 0 Å². The van der Waals surface area contributed by atoms with Crippen LogP contribution in [0.3, 0.4) is 0 Å². The van der Waals surface area contributed by atoms with Gasteiger partial charge in [0.2, 0.25) is 0 Å². The molecule has 1 aromatic rings. The van der Waals surface area contributed by atoms with Gasteiger partial charge >= 0.3 is 0 Å². The average Bonchev–Trinajstić information content (AvgIpc) is 2.40. The molecule has 2 heteroatoms. The maximum atomic E-state index is 10.3. The maximum absolute atomic E-state index is 10.3. The van der Waals surface area contributed by atoms with Gasteiger partial charge < -0.3 is 10.4 Å². The van der Waals surface area contributed by atoms with Gasteiger partial charge in [-0.15, -0.1) is 0 Å². The molecule has 0 aliphatic heterocycles. The highest BCUT2D eigenvalue weighted by Gasteiger charge is 2.20. The topological polar surface area (TPSA) is 32.3 Å². The molecule has 2 nitrogen and oxygen atoms in total. The standard InChI is InChI=1S/C15H23NO/c1-12(16-14-10-6-3-7-11-14)15(17)13-8-4-2-5-9-13/h2,4-5,8-9,12,14-17H,3,6-7,10-11H2,1H3. The Morgan fingerprint density at radius 3 is 2.41 bits per heavy atom. The third-order valence-electron chi connectivity index (χ3n) is 3.72. The Hall–Kier alpha value is -0.860. The lowest BCUT2D eigenvalue weighted by Crippen LogP contribution is -2.41. The molecule has 0 amide bonds. The van der Waals surface area contributed by atoms with Gasteiger partial charge in [-0.05, 0) is 25.3 Å². The Morgan fingerprint density at radius 1 is 1.12 bits per heavy atom. The minimum absolute atomic E-state index is 0.125. The van der Waals surface area contributed by atoms with Gasteiger partial charge in [-0.3, -0.25) is 0 Å². The second-order valence-electron chi connectivity index (χ2n) is 5.15. The van der Waals surface area contributed by atoms with Crippen LogP contribution < -0.4 is 5.32 Å². The van der Waals surface area contributed by atoms with E-state index in [0.29, 0.717) is 6.04 Å². The molecule has 0 saturated heterocycles. The molecular weight excluding hydrogens is 210 g/mol. The van der Waals surface area contributed by atoms with Gasteiger partial charge in [0.25, 0.3) is 0 Å². The summed E-state index contributed by atoms with van der Waals surface area (Å²) in [5, 5.41) is 13.8. The van der Waals surface area contributed by atoms with Crippen molar-refractivity contribution in [2.24, 2.45) is 0 Å². The van der Waals surface area contributed by atoms with Crippen LogP contribution in [-0.2, 0) is 0 Å². The van der Waals surface area contributed by atoms with Gasteiger partial charge in [0.1, 0.15) is 0 Å². The summed E-state index contributed by atoms with van der Waals surface area (Å²) in [5.74, 6) is 0. The van der Waals surface area contributed by atoms with Crippen molar-refractivity contribution < 1.29 is 5.11 Å². The van der Waals surface area contributed by atoms with Gasteiger partial charge in [0, 0.05) is 12.1 Å². The summed E-state index contributed by atoms with van der Waals surface area (Å²) in [5.41, 5.74) is 1.00. The van der Waals surface area contributed by atoms with Crippen LogP contribution in [0.5, 0.6) is 0 Å². The Kier molecular flexibility index (Phi) is 4.57. The lowest BCUT2D eigenvalue weighted by atomic mass is 9.94. The Labute approximate surface area is 104 Å². The van der Waals surface area contributed by atoms with Crippen molar-refractivity contribution in [3.8, 4) is 0 Å². The zero-order chi connectivity index (χ0) is 12.1. The van der Waals surface area contributed by atoms with E-state index in [9.17, 15) is 5.11 Å². The minimum atomic E-state index is -0.405. The van der Waals surface area contributed by atoms with E-state index in [4.69, 9.17) is 0 Å². The third kappa shape index (κ3) is 3.55. The molecule has 2 unspecified atom stereocenters. The highest BCUT2D eigenvalue weighted by molar-refractivity contribution is 5.18. The first-order chi connectivity index (χ1) is 8.27. The van der Waals surface area contributed by atoms with E-state index >= 15 is 0 Å². The van der Waals surface area contributed by atoms with Crippen molar-refractivity contribution in [2.45, 2.75) is 57.2 Å². The number of aliphatic hydroxyl groups is 1. The van der Waals surface area contributed by atoms with E-state index in [1.807, 2.05) is 30.3 Å². The van der Waals surface area contributed by atoms with E-state index in [2.05, 4.69) is 12.2 Å². The van der Waals surface area contributed by atoms with E-state index in [0.717, 1.165) is 5.56 Å². The summed E-state index contributed by atoms with van der Waals surface area (Å²) in [6.45, 7) is 2.08. The van der Waals surface area contributed by atoms with Crippen LogP contribution in [0.1, 0.15) is 50.7 Å². The Bertz CT molecular complexity index is 319. The van der Waals surface area contributed by atoms with Crippen LogP contribution >= 0.6 is 0 Å². The first kappa shape index (κ1) is 12.6. The van der Waals surface area contributed by atoms with Crippen molar-refractivity contribution in [3.05, 3.63) is 35.9 Å². The van der Waals surface area contributed by atoms with Crippen LogP contribution in [0, 0.1) is 0 Å². The van der Waals surface area contributed by atoms with Crippen molar-refractivity contribution in [2.75, 3.05) is 0 Å². The van der Waals surface area contributed by atoms with Crippen molar-refractivity contribution in [3.63, 3.8) is 0 Å². The SMILES string of the molecule is CC(NC1CCCCC1)C(O)c1ccccc1. The zero-order valence-electron chi connectivity index (χ0n) is 10.6. The molecule has 1 aliphatic rings. The summed E-state index contributed by atoms with van der Waals surface area (Å²) in [4.78, 5) is 0. The molecule has 17 heavy (non-hydrogen) atoms. The number of rotatable bonds is 4. The molecule has 2 atom stereocenters. The third-order valence-corrected chi connectivity index (χ3v) is 3.72. The number of hydrogen-bond acceptors (Lipinski definition) is 2. The van der Waals surface area contributed by atoms with Gasteiger partial charge in [-0.25, -0.2) is 0 Å². The van der Waals surface area contributed by atoms with Gasteiger partial charge in [-0.2, -0.15) is 0 Å². The van der Waals surface area contributed by atoms with Gasteiger partial charge in [0.15, 0.2) is 0 Å². The lowest BCUT2D eigenvalue weighted by Gasteiger charge is -2.29. The summed E-state index contributed by atoms with van der Waals surface area (Å²) in [6, 6.07) is 10.6. The number of hydrogen-bond donors (Lipinski definition) is 2. The van der Waals surface area contributed by atoms with Crippen molar-refractivity contribution >= 4 is 0 Å². The second-order valence-corrected chi connectivity index (χ2v) is 5.15. The van der Waals surface area contributed by atoms with Crippen LogP contribution in [0.2, 0.25) is 0 Å². The molecule has 94 valence electrons. The van der Waals surface area contributed by atoms with Crippen molar-refractivity contribution in [1.29, 1.82) is 0 Å². The highest BCUT2D eigenvalue weighted by atomic mass is 16.3. The molecule has 2 N–H and O–H groups in total. The molecule has 2 rings (SSSR count). The van der Waals surface area contributed by atoms with E-state index in [1.165, 1.54) is 32.1 Å². The predicted octanol–water partition coefficient (Wildman–Crippen LogP) is 3.03. The molecule has 0 aromatic heterocycles. The smallest absolute Gasteiger partial charge is 0.0940 e. The minimum Gasteiger partial charge on any atom is -0.387 e. The summed E-state index contributed by atoms with van der Waals surface area (Å²) >= 11 is 0. The summed E-state index contributed by atoms with van der Waals surface area (Å²) in [6.07, 6.45) is 6.13. The number of nitrogens with one attached hydrogen (secondary N) is 1. The monoisotopic (exact) mass is 233 g/mol. The number of benzene rings is 1. The average molecular weight is 233 g/mol. The largest absolute Gasteiger partial charge is 0.387 e. The van der Waals surface area contributed by atoms with Crippen LogP contribution in [-0.4, -0.2) is 17.2 Å². The molecule has 0 heterocycles. The van der Waals surface area contributed by atoms with Gasteiger partial charge in [-0.1, -0.05) is 49.6 Å². The van der Waals surface area contributed by atoms with Crippen LogP contribution in [0.25, 0.3) is 0 Å². The fourth-order valence-corrected chi connectivity index (χ4v) is 2.67. The molecule has 0 radical (unpaired) electrons. The quantitative estimate of drug-likeness (QED) is 0.838. The molecule has 0 bridgehead atoms. The van der Waals surface area contributed by atoms with E-state index in [1.54, 1.807) is 0 Å². The lowest BCUT2D eigenvalue weighted by molar-refractivity contribution is 0.125. The molecule has 1 aliphatic carbocycles. The molecule has 1 aromatic carbocycles. The summed E-state index contributed by atoms with van der Waals surface area (Å²) < 4.78 is 0. The normalized spacial score (nSPS) is 21.1. The fourth-order valence-electron chi connectivity index (χ4n) is 2.67. The Morgan fingerprint density at radius 2 is 1.76 bits per heavy atom. The summed E-state index contributed by atoms with van der Waals surface area (Å²) in [7, 11) is 0. The van der Waals surface area contributed by atoms with Gasteiger partial charge in [0.05, 0.1) is 6.10 Å². The van der Waals surface area contributed by atoms with E-state index in [-0.39, 0.29) is 6.04 Å². The van der Waals surface area contributed by atoms with Crippen molar-refractivity contribution in [1.82, 2.24) is 5.32 Å². The molecule has 1 fully saturated rings. The zero-order valence-corrected chi connectivity index (χ0v) is 10.6. The first-order valence-electron chi connectivity index (χ1n) is 6.76.